The number of nitrogens with two attached hydrogens (primary N) is 1. The van der Waals surface area contributed by atoms with E-state index in [4.69, 9.17) is 5.73 Å². The number of hydrogen-bond acceptors (Lipinski definition) is 8. The highest BCUT2D eigenvalue weighted by atomic mass is 32.1. The average molecular weight is 527 g/mol. The molecule has 37 heavy (non-hydrogen) atoms. The number of rotatable bonds is 6. The molecule has 0 bridgehead atoms. The third-order valence-corrected chi connectivity index (χ3v) is 7.41. The molecule has 1 unspecified atom stereocenters. The fourth-order valence-electron chi connectivity index (χ4n) is 4.36. The maximum atomic E-state index is 12.5. The zero-order chi connectivity index (χ0) is 26.5. The molecule has 5 rings (SSSR count). The number of pyridine rings is 1. The average Bonchev–Trinajstić information content (AvgIpc) is 3.37. The molecule has 4 aromatic rings. The monoisotopic (exact) mass is 526 g/mol. The Labute approximate surface area is 215 Å². The quantitative estimate of drug-likeness (QED) is 0.262. The minimum atomic E-state index is -4.74. The maximum Gasteiger partial charge on any atom is 0.573 e. The molecule has 0 fully saturated rings. The number of hydrogen-bond donors (Lipinski definition) is 3. The molecule has 11 heteroatoms. The van der Waals surface area contributed by atoms with Gasteiger partial charge in [0.05, 0.1) is 10.6 Å². The summed E-state index contributed by atoms with van der Waals surface area (Å²) in [6.07, 6.45) is -3.25. The van der Waals surface area contributed by atoms with E-state index in [2.05, 4.69) is 32.3 Å². The van der Waals surface area contributed by atoms with Gasteiger partial charge >= 0.3 is 6.36 Å². The van der Waals surface area contributed by atoms with Crippen LogP contribution >= 0.6 is 11.3 Å². The Morgan fingerprint density at radius 1 is 1.11 bits per heavy atom. The van der Waals surface area contributed by atoms with Gasteiger partial charge in [-0.1, -0.05) is 18.7 Å². The summed E-state index contributed by atoms with van der Waals surface area (Å²) in [7, 11) is 3.92. The van der Waals surface area contributed by atoms with Crippen molar-refractivity contribution >= 4 is 50.7 Å². The first-order valence-corrected chi connectivity index (χ1v) is 12.2. The van der Waals surface area contributed by atoms with E-state index in [1.165, 1.54) is 24.3 Å². The number of nitrogens with zero attached hydrogens (tertiary/aromatic N) is 3. The summed E-state index contributed by atoms with van der Waals surface area (Å²) in [5.41, 5.74) is 11.6. The van der Waals surface area contributed by atoms with Crippen molar-refractivity contribution in [3.05, 3.63) is 76.6 Å². The van der Waals surface area contributed by atoms with Gasteiger partial charge in [0.1, 0.15) is 17.7 Å². The predicted molar refractivity (Wildman–Crippen MR) is 143 cm³/mol. The molecule has 1 atom stereocenters. The minimum absolute atomic E-state index is 0.195. The molecular formula is C26H25F3N6OS. The van der Waals surface area contributed by atoms with Crippen LogP contribution in [0, 0.1) is 6.92 Å². The Hall–Kier alpha value is -3.80. The van der Waals surface area contributed by atoms with Crippen LogP contribution in [0.5, 0.6) is 5.75 Å². The van der Waals surface area contributed by atoms with E-state index < -0.39 is 6.36 Å². The molecule has 192 valence electrons. The van der Waals surface area contributed by atoms with Gasteiger partial charge in [-0.25, -0.2) is 9.99 Å². The van der Waals surface area contributed by atoms with Crippen LogP contribution in [-0.4, -0.2) is 30.5 Å². The molecule has 0 aliphatic carbocycles. The first-order chi connectivity index (χ1) is 17.5. The largest absolute Gasteiger partial charge is 0.573 e. The Morgan fingerprint density at radius 2 is 1.84 bits per heavy atom. The first-order valence-electron chi connectivity index (χ1n) is 11.3. The van der Waals surface area contributed by atoms with Gasteiger partial charge in [-0.05, 0) is 42.8 Å². The summed E-state index contributed by atoms with van der Waals surface area (Å²) in [4.78, 5) is 5.54. The molecule has 0 spiro atoms. The standard InChI is InChI=1S/C26H25F3N6OS/c1-14-5-10-19-18(11-12-31-25(19)33-16-6-8-17(9-7-16)36-26(27,28)29)21(14)32-15(2)20-13-37-23-22(20)34(3)35(4)24(23)30/h5-13,24,32H,2,30H2,1,3-4H3,(H,31,33). The zero-order valence-corrected chi connectivity index (χ0v) is 21.2. The minimum Gasteiger partial charge on any atom is -0.406 e. The van der Waals surface area contributed by atoms with Crippen molar-refractivity contribution in [1.82, 2.24) is 9.99 Å². The lowest BCUT2D eigenvalue weighted by Gasteiger charge is -2.26. The number of ether oxygens (including phenoxy) is 1. The maximum absolute atomic E-state index is 12.5. The number of fused-ring (bicyclic) bond motifs is 2. The van der Waals surface area contributed by atoms with E-state index in [9.17, 15) is 13.2 Å². The lowest BCUT2D eigenvalue weighted by atomic mass is 10.0. The van der Waals surface area contributed by atoms with Crippen LogP contribution in [0.1, 0.15) is 22.2 Å². The van der Waals surface area contributed by atoms with Gasteiger partial charge < -0.3 is 26.1 Å². The molecule has 0 amide bonds. The van der Waals surface area contributed by atoms with Crippen LogP contribution in [0.4, 0.5) is 36.1 Å². The van der Waals surface area contributed by atoms with Crippen molar-refractivity contribution < 1.29 is 17.9 Å². The molecule has 2 aromatic heterocycles. The first kappa shape index (κ1) is 24.9. The van der Waals surface area contributed by atoms with Crippen molar-refractivity contribution in [3.8, 4) is 5.75 Å². The second kappa shape index (κ2) is 9.25. The third kappa shape index (κ3) is 4.68. The molecule has 7 nitrogen and oxygen atoms in total. The lowest BCUT2D eigenvalue weighted by Crippen LogP contribution is -2.36. The van der Waals surface area contributed by atoms with E-state index in [-0.39, 0.29) is 11.9 Å². The van der Waals surface area contributed by atoms with E-state index in [0.29, 0.717) is 11.5 Å². The normalized spacial score (nSPS) is 15.6. The summed E-state index contributed by atoms with van der Waals surface area (Å²) in [5, 5.41) is 14.5. The summed E-state index contributed by atoms with van der Waals surface area (Å²) in [5.74, 6) is 0.279. The molecule has 0 saturated carbocycles. The molecule has 0 radical (unpaired) electrons. The topological polar surface area (TPSA) is 78.7 Å². The zero-order valence-electron chi connectivity index (χ0n) is 20.3. The number of benzene rings is 2. The number of anilines is 4. The molecule has 1 aliphatic rings. The van der Waals surface area contributed by atoms with Crippen LogP contribution in [0.2, 0.25) is 0 Å². The molecule has 1 aliphatic heterocycles. The Bertz CT molecular complexity index is 1480. The van der Waals surface area contributed by atoms with E-state index in [1.54, 1.807) is 17.5 Å². The number of thiophene rings is 1. The van der Waals surface area contributed by atoms with Gasteiger partial charge in [0.2, 0.25) is 0 Å². The Balaban J connectivity index is 1.44. The fourth-order valence-corrected chi connectivity index (χ4v) is 5.51. The van der Waals surface area contributed by atoms with Crippen LogP contribution in [0.3, 0.4) is 0 Å². The molecule has 4 N–H and O–H groups in total. The predicted octanol–water partition coefficient (Wildman–Crippen LogP) is 6.58. The summed E-state index contributed by atoms with van der Waals surface area (Å²) in [6, 6.07) is 11.4. The summed E-state index contributed by atoms with van der Waals surface area (Å²) >= 11 is 1.61. The van der Waals surface area contributed by atoms with Crippen molar-refractivity contribution in [3.63, 3.8) is 0 Å². The van der Waals surface area contributed by atoms with Gasteiger partial charge in [-0.2, -0.15) is 0 Å². The number of aromatic nitrogens is 1. The van der Waals surface area contributed by atoms with E-state index in [0.717, 1.165) is 43.8 Å². The second-order valence-corrected chi connectivity index (χ2v) is 9.63. The van der Waals surface area contributed by atoms with Crippen molar-refractivity contribution in [2.45, 2.75) is 19.5 Å². The van der Waals surface area contributed by atoms with Gasteiger partial charge in [0.15, 0.2) is 0 Å². The van der Waals surface area contributed by atoms with Crippen LogP contribution in [0.25, 0.3) is 16.5 Å². The SMILES string of the molecule is C=C(Nc1c(C)ccc2c(Nc3ccc(OC(F)(F)F)cc3)nccc12)c1csc2c1N(C)N(C)C2N. The smallest absolute Gasteiger partial charge is 0.406 e. The van der Waals surface area contributed by atoms with Gasteiger partial charge in [-0.15, -0.1) is 24.5 Å². The third-order valence-electron chi connectivity index (χ3n) is 6.37. The van der Waals surface area contributed by atoms with Crippen LogP contribution < -0.4 is 26.1 Å². The van der Waals surface area contributed by atoms with Gasteiger partial charge in [0.25, 0.3) is 0 Å². The summed E-state index contributed by atoms with van der Waals surface area (Å²) in [6.45, 7) is 6.32. The number of halogens is 3. The van der Waals surface area contributed by atoms with Crippen LogP contribution in [0.15, 0.2) is 60.6 Å². The van der Waals surface area contributed by atoms with Crippen LogP contribution in [-0.2, 0) is 0 Å². The highest BCUT2D eigenvalue weighted by molar-refractivity contribution is 7.11. The fraction of sp³-hybridized carbons (Fsp3) is 0.192. The number of alkyl halides is 3. The van der Waals surface area contributed by atoms with Crippen molar-refractivity contribution in [2.75, 3.05) is 29.7 Å². The Morgan fingerprint density at radius 3 is 2.54 bits per heavy atom. The lowest BCUT2D eigenvalue weighted by molar-refractivity contribution is -0.274. The number of aryl methyl sites for hydroxylation is 1. The number of hydrazine groups is 1. The van der Waals surface area contributed by atoms with Gasteiger partial charge in [-0.3, -0.25) is 0 Å². The Kier molecular flexibility index (Phi) is 6.22. The molecule has 0 saturated heterocycles. The van der Waals surface area contributed by atoms with Crippen molar-refractivity contribution in [1.29, 1.82) is 0 Å². The van der Waals surface area contributed by atoms with Crippen molar-refractivity contribution in [2.24, 2.45) is 5.73 Å². The van der Waals surface area contributed by atoms with E-state index >= 15 is 0 Å². The number of nitrogens with one attached hydrogen (secondary N) is 2. The molecule has 2 aromatic carbocycles. The molecular weight excluding hydrogens is 501 g/mol. The highest BCUT2D eigenvalue weighted by Crippen LogP contribution is 2.45. The summed E-state index contributed by atoms with van der Waals surface area (Å²) < 4.78 is 41.3. The molecule has 3 heterocycles. The van der Waals surface area contributed by atoms with E-state index in [1.807, 2.05) is 49.2 Å². The highest BCUT2D eigenvalue weighted by Gasteiger charge is 2.34. The van der Waals surface area contributed by atoms with Gasteiger partial charge in [0, 0.05) is 59.1 Å². The second-order valence-electron chi connectivity index (χ2n) is 8.72.